The summed E-state index contributed by atoms with van der Waals surface area (Å²) in [6.07, 6.45) is 1.66. The van der Waals surface area contributed by atoms with E-state index in [0.29, 0.717) is 19.6 Å². The van der Waals surface area contributed by atoms with Gasteiger partial charge in [-0.1, -0.05) is 6.08 Å². The minimum atomic E-state index is -0.00694. The molecule has 0 atom stereocenters. The van der Waals surface area contributed by atoms with Crippen molar-refractivity contribution < 1.29 is 9.90 Å². The second-order valence-electron chi connectivity index (χ2n) is 3.09. The van der Waals surface area contributed by atoms with Gasteiger partial charge in [-0.2, -0.15) is 0 Å². The predicted octanol–water partition coefficient (Wildman–Crippen LogP) is -0.445. The molecule has 4 nitrogen and oxygen atoms in total. The molecule has 0 heterocycles. The van der Waals surface area contributed by atoms with Gasteiger partial charge in [-0.25, -0.2) is 0 Å². The first-order valence-electron chi connectivity index (χ1n) is 4.26. The van der Waals surface area contributed by atoms with E-state index in [1.54, 1.807) is 15.9 Å². The summed E-state index contributed by atoms with van der Waals surface area (Å²) in [5.41, 5.74) is 0. The normalized spacial score (nSPS) is 10.2. The van der Waals surface area contributed by atoms with Crippen LogP contribution in [0.15, 0.2) is 12.7 Å². The van der Waals surface area contributed by atoms with Crippen LogP contribution in [0.2, 0.25) is 0 Å². The van der Waals surface area contributed by atoms with E-state index in [2.05, 4.69) is 6.58 Å². The summed E-state index contributed by atoms with van der Waals surface area (Å²) in [7, 11) is 3.67. The van der Waals surface area contributed by atoms with Gasteiger partial charge < -0.3 is 14.9 Å². The van der Waals surface area contributed by atoms with E-state index in [1.807, 2.05) is 14.1 Å². The molecule has 0 aromatic heterocycles. The first-order chi connectivity index (χ1) is 6.11. The number of nitrogens with zero attached hydrogens (tertiary/aromatic N) is 2. The lowest BCUT2D eigenvalue weighted by Crippen LogP contribution is -2.39. The fraction of sp³-hybridized carbons (Fsp3) is 0.667. The Balaban J connectivity index is 4.02. The van der Waals surface area contributed by atoms with Gasteiger partial charge in [0, 0.05) is 13.1 Å². The molecule has 0 fully saturated rings. The fourth-order valence-corrected chi connectivity index (χ4v) is 0.965. The van der Waals surface area contributed by atoms with Crippen LogP contribution in [0.4, 0.5) is 0 Å². The van der Waals surface area contributed by atoms with Crippen molar-refractivity contribution >= 4 is 5.91 Å². The molecule has 4 heteroatoms. The number of hydrogen-bond donors (Lipinski definition) is 1. The summed E-state index contributed by atoms with van der Waals surface area (Å²) in [6.45, 7) is 4.78. The Morgan fingerprint density at radius 1 is 1.54 bits per heavy atom. The number of carbonyl (C=O) groups excluding carboxylic acids is 1. The Hall–Kier alpha value is -0.870. The van der Waals surface area contributed by atoms with Crippen LogP contribution in [0.1, 0.15) is 0 Å². The van der Waals surface area contributed by atoms with Crippen LogP contribution < -0.4 is 0 Å². The van der Waals surface area contributed by atoms with E-state index in [1.165, 1.54) is 0 Å². The number of rotatable bonds is 6. The van der Waals surface area contributed by atoms with E-state index in [4.69, 9.17) is 5.11 Å². The van der Waals surface area contributed by atoms with Crippen LogP contribution in [0.5, 0.6) is 0 Å². The quantitative estimate of drug-likeness (QED) is 0.572. The maximum Gasteiger partial charge on any atom is 0.237 e. The molecule has 0 aliphatic rings. The zero-order valence-corrected chi connectivity index (χ0v) is 8.36. The Kier molecular flexibility index (Phi) is 6.18. The molecule has 1 N–H and O–H groups in total. The lowest BCUT2D eigenvalue weighted by atomic mass is 10.4. The van der Waals surface area contributed by atoms with Crippen molar-refractivity contribution in [1.29, 1.82) is 0 Å². The van der Waals surface area contributed by atoms with E-state index >= 15 is 0 Å². The average Bonchev–Trinajstić information content (AvgIpc) is 2.02. The minimum absolute atomic E-state index is 0.00694. The lowest BCUT2D eigenvalue weighted by Gasteiger charge is -2.21. The molecule has 1 amide bonds. The van der Waals surface area contributed by atoms with Gasteiger partial charge in [0.25, 0.3) is 0 Å². The molecular weight excluding hydrogens is 168 g/mol. The molecule has 0 rings (SSSR count). The van der Waals surface area contributed by atoms with Gasteiger partial charge in [-0.15, -0.1) is 6.58 Å². The summed E-state index contributed by atoms with van der Waals surface area (Å²) >= 11 is 0. The summed E-state index contributed by atoms with van der Waals surface area (Å²) in [6, 6.07) is 0. The largest absolute Gasteiger partial charge is 0.395 e. The SMILES string of the molecule is C=CCN(CCO)C(=O)CN(C)C. The van der Waals surface area contributed by atoms with Crippen molar-refractivity contribution in [3.63, 3.8) is 0 Å². The zero-order valence-electron chi connectivity index (χ0n) is 8.36. The van der Waals surface area contributed by atoms with E-state index in [-0.39, 0.29) is 12.5 Å². The molecule has 0 aromatic carbocycles. The fourth-order valence-electron chi connectivity index (χ4n) is 0.965. The highest BCUT2D eigenvalue weighted by Gasteiger charge is 2.11. The van der Waals surface area contributed by atoms with Crippen molar-refractivity contribution in [2.24, 2.45) is 0 Å². The van der Waals surface area contributed by atoms with Gasteiger partial charge in [0.2, 0.25) is 5.91 Å². The molecule has 13 heavy (non-hydrogen) atoms. The molecule has 0 unspecified atom stereocenters. The third kappa shape index (κ3) is 5.38. The van der Waals surface area contributed by atoms with Gasteiger partial charge in [0.1, 0.15) is 0 Å². The third-order valence-corrected chi connectivity index (χ3v) is 1.52. The molecule has 0 aliphatic heterocycles. The van der Waals surface area contributed by atoms with Crippen LogP contribution >= 0.6 is 0 Å². The average molecular weight is 186 g/mol. The van der Waals surface area contributed by atoms with Crippen molar-refractivity contribution in [2.45, 2.75) is 0 Å². The Morgan fingerprint density at radius 2 is 2.15 bits per heavy atom. The van der Waals surface area contributed by atoms with Gasteiger partial charge in [0.15, 0.2) is 0 Å². The summed E-state index contributed by atoms with van der Waals surface area (Å²) in [4.78, 5) is 14.8. The molecule has 0 radical (unpaired) electrons. The second-order valence-corrected chi connectivity index (χ2v) is 3.09. The molecule has 0 spiro atoms. The number of aliphatic hydroxyl groups is 1. The molecule has 0 aromatic rings. The van der Waals surface area contributed by atoms with Crippen molar-refractivity contribution in [1.82, 2.24) is 9.80 Å². The maximum atomic E-state index is 11.5. The van der Waals surface area contributed by atoms with E-state index < -0.39 is 0 Å². The van der Waals surface area contributed by atoms with Crippen LogP contribution in [0.25, 0.3) is 0 Å². The molecule has 0 aliphatic carbocycles. The monoisotopic (exact) mass is 186 g/mol. The van der Waals surface area contributed by atoms with Crippen LogP contribution in [-0.2, 0) is 4.79 Å². The molecule has 0 saturated heterocycles. The Morgan fingerprint density at radius 3 is 2.54 bits per heavy atom. The highest BCUT2D eigenvalue weighted by molar-refractivity contribution is 5.78. The summed E-state index contributed by atoms with van der Waals surface area (Å²) < 4.78 is 0. The Labute approximate surface area is 79.4 Å². The standard InChI is InChI=1S/C9H18N2O2/c1-4-5-11(6-7-12)9(13)8-10(2)3/h4,12H,1,5-8H2,2-3H3. The van der Waals surface area contributed by atoms with Crippen LogP contribution in [-0.4, -0.2) is 61.2 Å². The lowest BCUT2D eigenvalue weighted by molar-refractivity contribution is -0.131. The highest BCUT2D eigenvalue weighted by atomic mass is 16.3. The summed E-state index contributed by atoms with van der Waals surface area (Å²) in [5, 5.41) is 8.70. The molecule has 0 saturated carbocycles. The topological polar surface area (TPSA) is 43.8 Å². The third-order valence-electron chi connectivity index (χ3n) is 1.52. The Bertz CT molecular complexity index is 169. The first kappa shape index (κ1) is 12.1. The highest BCUT2D eigenvalue weighted by Crippen LogP contribution is 1.91. The summed E-state index contributed by atoms with van der Waals surface area (Å²) in [5.74, 6) is 0.0129. The molecule has 0 bridgehead atoms. The van der Waals surface area contributed by atoms with Gasteiger partial charge in [-0.3, -0.25) is 4.79 Å². The van der Waals surface area contributed by atoms with E-state index in [0.717, 1.165) is 0 Å². The van der Waals surface area contributed by atoms with Crippen LogP contribution in [0, 0.1) is 0 Å². The second kappa shape index (κ2) is 6.62. The number of hydrogen-bond acceptors (Lipinski definition) is 3. The molecule has 76 valence electrons. The number of carbonyl (C=O) groups is 1. The smallest absolute Gasteiger partial charge is 0.237 e. The number of likely N-dealkylation sites (N-methyl/N-ethyl adjacent to an activating group) is 1. The predicted molar refractivity (Wildman–Crippen MR) is 52.4 cm³/mol. The number of aliphatic hydroxyl groups excluding tert-OH is 1. The first-order valence-corrected chi connectivity index (χ1v) is 4.26. The van der Waals surface area contributed by atoms with Crippen molar-refractivity contribution in [3.05, 3.63) is 12.7 Å². The maximum absolute atomic E-state index is 11.5. The number of amides is 1. The zero-order chi connectivity index (χ0) is 10.3. The van der Waals surface area contributed by atoms with E-state index in [9.17, 15) is 4.79 Å². The van der Waals surface area contributed by atoms with Gasteiger partial charge >= 0.3 is 0 Å². The van der Waals surface area contributed by atoms with Crippen LogP contribution in [0.3, 0.4) is 0 Å². The minimum Gasteiger partial charge on any atom is -0.395 e. The van der Waals surface area contributed by atoms with Crippen molar-refractivity contribution in [2.75, 3.05) is 40.3 Å². The van der Waals surface area contributed by atoms with Gasteiger partial charge in [0.05, 0.1) is 13.2 Å². The van der Waals surface area contributed by atoms with Gasteiger partial charge in [-0.05, 0) is 14.1 Å². The molecular formula is C9H18N2O2. The van der Waals surface area contributed by atoms with Crippen molar-refractivity contribution in [3.8, 4) is 0 Å².